The van der Waals surface area contributed by atoms with Gasteiger partial charge in [-0.3, -0.25) is 9.48 Å². The Bertz CT molecular complexity index is 992. The van der Waals surface area contributed by atoms with Crippen molar-refractivity contribution in [3.8, 4) is 5.69 Å². The van der Waals surface area contributed by atoms with Gasteiger partial charge in [0.25, 0.3) is 0 Å². The van der Waals surface area contributed by atoms with Gasteiger partial charge in [-0.15, -0.1) is 5.10 Å². The number of carbonyl (C=O) groups excluding carboxylic acids is 1. The lowest BCUT2D eigenvalue weighted by Gasteiger charge is -2.16. The van der Waals surface area contributed by atoms with Crippen molar-refractivity contribution in [1.29, 1.82) is 0 Å². The van der Waals surface area contributed by atoms with Crippen LogP contribution in [0.25, 0.3) is 5.69 Å². The molecule has 0 atom stereocenters. The molecule has 0 bridgehead atoms. The summed E-state index contributed by atoms with van der Waals surface area (Å²) in [5, 5.41) is 7.85. The van der Waals surface area contributed by atoms with E-state index in [-0.39, 0.29) is 5.69 Å². The smallest absolute Gasteiger partial charge is 0.233 e. The number of carbonyl (C=O) groups is 1. The maximum absolute atomic E-state index is 14.0. The molecule has 7 nitrogen and oxygen atoms in total. The number of aryl methyl sites for hydroxylation is 1. The van der Waals surface area contributed by atoms with Gasteiger partial charge in [-0.1, -0.05) is 0 Å². The number of rotatable bonds is 5. The Labute approximate surface area is 153 Å². The Kier molecular flexibility index (Phi) is 4.54. The van der Waals surface area contributed by atoms with Crippen LogP contribution >= 0.6 is 0 Å². The molecule has 0 unspecified atom stereocenters. The Morgan fingerprint density at radius 1 is 1.26 bits per heavy atom. The molecule has 0 spiro atoms. The van der Waals surface area contributed by atoms with E-state index < -0.39 is 23.8 Å². The fourth-order valence-electron chi connectivity index (χ4n) is 2.94. The maximum Gasteiger partial charge on any atom is 0.233 e. The second-order valence-electron chi connectivity index (χ2n) is 5.95. The molecule has 1 saturated heterocycles. The van der Waals surface area contributed by atoms with E-state index in [1.54, 1.807) is 10.9 Å². The van der Waals surface area contributed by atoms with Crippen molar-refractivity contribution in [3.63, 3.8) is 0 Å². The number of aromatic nitrogens is 4. The number of benzene rings is 1. The van der Waals surface area contributed by atoms with Crippen molar-refractivity contribution in [2.75, 3.05) is 13.2 Å². The van der Waals surface area contributed by atoms with Crippen LogP contribution in [-0.4, -0.2) is 38.6 Å². The maximum atomic E-state index is 14.0. The van der Waals surface area contributed by atoms with Crippen molar-refractivity contribution < 1.29 is 23.0 Å². The zero-order chi connectivity index (χ0) is 19.0. The van der Waals surface area contributed by atoms with Crippen molar-refractivity contribution in [2.45, 2.75) is 19.8 Å². The summed E-state index contributed by atoms with van der Waals surface area (Å²) < 4.78 is 41.4. The first kappa shape index (κ1) is 17.5. The normalized spacial score (nSPS) is 14.8. The highest BCUT2D eigenvalue weighted by Crippen LogP contribution is 2.30. The van der Waals surface area contributed by atoms with Crippen LogP contribution in [0, 0.1) is 11.8 Å². The Morgan fingerprint density at radius 2 is 2.04 bits per heavy atom. The molecule has 3 heterocycles. The summed E-state index contributed by atoms with van der Waals surface area (Å²) in [6.07, 6.45) is 2.18. The van der Waals surface area contributed by atoms with Gasteiger partial charge in [0.1, 0.15) is 11.5 Å². The summed E-state index contributed by atoms with van der Waals surface area (Å²) in [6.45, 7) is 3.20. The Morgan fingerprint density at radius 3 is 2.74 bits per heavy atom. The van der Waals surface area contributed by atoms with Gasteiger partial charge >= 0.3 is 0 Å². The molecule has 1 aliphatic heterocycles. The lowest BCUT2D eigenvalue weighted by atomic mass is 10.1. The fourth-order valence-corrected chi connectivity index (χ4v) is 2.94. The summed E-state index contributed by atoms with van der Waals surface area (Å²) >= 11 is 0. The standard InChI is InChI=1S/C18H16F2N4O3/c1-2-23-10-11(9-21-23)17(25)15-8-16(20)22-24(15)14-4-3-12(19)7-13(14)18-26-5-6-27-18/h3-4,7-10,18H,2,5-6H2,1H3. The predicted molar refractivity (Wildman–Crippen MR) is 89.5 cm³/mol. The van der Waals surface area contributed by atoms with Crippen molar-refractivity contribution in [1.82, 2.24) is 19.6 Å². The molecule has 0 saturated carbocycles. The van der Waals surface area contributed by atoms with E-state index in [0.717, 1.165) is 10.7 Å². The molecule has 1 fully saturated rings. The molecular formula is C18H16F2N4O3. The fraction of sp³-hybridized carbons (Fsp3) is 0.278. The van der Waals surface area contributed by atoms with Gasteiger partial charge in [0, 0.05) is 24.4 Å². The number of nitrogens with zero attached hydrogens (tertiary/aromatic N) is 4. The second kappa shape index (κ2) is 7.01. The monoisotopic (exact) mass is 374 g/mol. The van der Waals surface area contributed by atoms with Crippen LogP contribution in [0.2, 0.25) is 0 Å². The van der Waals surface area contributed by atoms with E-state index >= 15 is 0 Å². The van der Waals surface area contributed by atoms with Gasteiger partial charge in [0.15, 0.2) is 6.29 Å². The van der Waals surface area contributed by atoms with Crippen LogP contribution in [0.1, 0.15) is 34.8 Å². The molecule has 0 amide bonds. The summed E-state index contributed by atoms with van der Waals surface area (Å²) in [6, 6.07) is 4.88. The van der Waals surface area contributed by atoms with E-state index in [9.17, 15) is 13.6 Å². The third kappa shape index (κ3) is 3.26. The highest BCUT2D eigenvalue weighted by Gasteiger charge is 2.26. The van der Waals surface area contributed by atoms with E-state index in [4.69, 9.17) is 9.47 Å². The summed E-state index contributed by atoms with van der Waals surface area (Å²) in [5.41, 5.74) is 0.927. The molecule has 2 aromatic heterocycles. The summed E-state index contributed by atoms with van der Waals surface area (Å²) in [5.74, 6) is -1.78. The van der Waals surface area contributed by atoms with E-state index in [2.05, 4.69) is 10.2 Å². The van der Waals surface area contributed by atoms with E-state index in [1.807, 2.05) is 6.92 Å². The number of hydrogen-bond donors (Lipinski definition) is 0. The second-order valence-corrected chi connectivity index (χ2v) is 5.95. The van der Waals surface area contributed by atoms with Crippen molar-refractivity contribution in [3.05, 3.63) is 65.2 Å². The largest absolute Gasteiger partial charge is 0.346 e. The summed E-state index contributed by atoms with van der Waals surface area (Å²) in [4.78, 5) is 12.9. The average Bonchev–Trinajstić information content (AvgIpc) is 3.41. The lowest BCUT2D eigenvalue weighted by Crippen LogP contribution is -2.13. The minimum atomic E-state index is -0.829. The topological polar surface area (TPSA) is 71.2 Å². The number of hydrogen-bond acceptors (Lipinski definition) is 5. The molecule has 1 aromatic carbocycles. The van der Waals surface area contributed by atoms with Gasteiger partial charge < -0.3 is 9.47 Å². The van der Waals surface area contributed by atoms with Gasteiger partial charge in [-0.25, -0.2) is 9.07 Å². The number of halogens is 2. The number of ether oxygens (including phenoxy) is 2. The molecule has 9 heteroatoms. The highest BCUT2D eigenvalue weighted by atomic mass is 19.1. The molecular weight excluding hydrogens is 358 g/mol. The van der Waals surface area contributed by atoms with Gasteiger partial charge in [0.2, 0.25) is 11.7 Å². The molecule has 0 N–H and O–H groups in total. The van der Waals surface area contributed by atoms with E-state index in [1.165, 1.54) is 24.4 Å². The van der Waals surface area contributed by atoms with Crippen LogP contribution in [0.4, 0.5) is 8.78 Å². The third-order valence-corrected chi connectivity index (χ3v) is 4.23. The van der Waals surface area contributed by atoms with Crippen LogP contribution in [0.5, 0.6) is 0 Å². The minimum Gasteiger partial charge on any atom is -0.346 e. The van der Waals surface area contributed by atoms with E-state index in [0.29, 0.717) is 36.6 Å². The van der Waals surface area contributed by atoms with Gasteiger partial charge in [0.05, 0.1) is 30.7 Å². The summed E-state index contributed by atoms with van der Waals surface area (Å²) in [7, 11) is 0. The van der Waals surface area contributed by atoms with Gasteiger partial charge in [-0.2, -0.15) is 9.49 Å². The molecule has 0 radical (unpaired) electrons. The zero-order valence-corrected chi connectivity index (χ0v) is 14.4. The van der Waals surface area contributed by atoms with Crippen LogP contribution < -0.4 is 0 Å². The lowest BCUT2D eigenvalue weighted by molar-refractivity contribution is -0.0443. The number of ketones is 1. The average molecular weight is 374 g/mol. The molecule has 3 aromatic rings. The first-order valence-corrected chi connectivity index (χ1v) is 8.42. The third-order valence-electron chi connectivity index (χ3n) is 4.23. The first-order valence-electron chi connectivity index (χ1n) is 8.42. The quantitative estimate of drug-likeness (QED) is 0.642. The van der Waals surface area contributed by atoms with Crippen LogP contribution in [0.3, 0.4) is 0 Å². The molecule has 1 aliphatic rings. The highest BCUT2D eigenvalue weighted by molar-refractivity contribution is 6.07. The SMILES string of the molecule is CCn1cc(C(=O)c2cc(F)nn2-c2ccc(F)cc2C2OCCO2)cn1. The molecule has 27 heavy (non-hydrogen) atoms. The van der Waals surface area contributed by atoms with Crippen LogP contribution in [0.15, 0.2) is 36.7 Å². The van der Waals surface area contributed by atoms with Crippen LogP contribution in [-0.2, 0) is 16.0 Å². The Balaban J connectivity index is 1.80. The molecule has 140 valence electrons. The molecule has 4 rings (SSSR count). The minimum absolute atomic E-state index is 0.00555. The van der Waals surface area contributed by atoms with Gasteiger partial charge in [-0.05, 0) is 25.1 Å². The van der Waals surface area contributed by atoms with Crippen molar-refractivity contribution in [2.24, 2.45) is 0 Å². The van der Waals surface area contributed by atoms with Crippen molar-refractivity contribution >= 4 is 5.78 Å². The predicted octanol–water partition coefficient (Wildman–Crippen LogP) is 2.64. The molecule has 0 aliphatic carbocycles. The zero-order valence-electron chi connectivity index (χ0n) is 14.4. The Hall–Kier alpha value is -2.91. The first-order chi connectivity index (χ1) is 13.1.